The lowest BCUT2D eigenvalue weighted by atomic mass is 10.1. The van der Waals surface area contributed by atoms with Crippen LogP contribution >= 0.6 is 0 Å². The third-order valence-electron chi connectivity index (χ3n) is 2.80. The first-order valence-corrected chi connectivity index (χ1v) is 6.30. The van der Waals surface area contributed by atoms with E-state index < -0.39 is 0 Å². The van der Waals surface area contributed by atoms with Gasteiger partial charge >= 0.3 is 0 Å². The van der Waals surface area contributed by atoms with E-state index in [4.69, 9.17) is 0 Å². The van der Waals surface area contributed by atoms with Crippen molar-refractivity contribution in [3.63, 3.8) is 0 Å². The highest BCUT2D eigenvalue weighted by Gasteiger charge is 2.06. The molecular weight excluding hydrogens is 220 g/mol. The number of aryl methyl sites for hydroxylation is 2. The number of unbranched alkanes of at least 4 members (excludes halogenated alkanes) is 1. The number of hydrogen-bond acceptors (Lipinski definition) is 1. The quantitative estimate of drug-likeness (QED) is 0.719. The molecule has 0 heterocycles. The Hall–Kier alpha value is -0.960. The summed E-state index contributed by atoms with van der Waals surface area (Å²) < 4.78 is 26.7. The van der Waals surface area contributed by atoms with Gasteiger partial charge in [0.1, 0.15) is 11.6 Å². The molecule has 1 N–H and O–H groups in total. The molecule has 1 aromatic rings. The van der Waals surface area contributed by atoms with Crippen LogP contribution in [0.3, 0.4) is 0 Å². The van der Waals surface area contributed by atoms with Crippen LogP contribution in [0.1, 0.15) is 37.3 Å². The fourth-order valence-corrected chi connectivity index (χ4v) is 1.75. The number of nitrogens with one attached hydrogen (secondary N) is 1. The molecule has 96 valence electrons. The SMILES string of the molecule is CCCNCCCCc1cc(F)c(C)cc1F. The second-order valence-electron chi connectivity index (χ2n) is 4.40. The molecule has 0 fully saturated rings. The van der Waals surface area contributed by atoms with E-state index in [0.717, 1.165) is 32.4 Å². The molecule has 0 radical (unpaired) electrons. The molecule has 0 aliphatic rings. The lowest BCUT2D eigenvalue weighted by Gasteiger charge is -2.06. The predicted octanol–water partition coefficient (Wildman–Crippen LogP) is 3.60. The van der Waals surface area contributed by atoms with E-state index in [1.165, 1.54) is 12.1 Å². The topological polar surface area (TPSA) is 12.0 Å². The third-order valence-corrected chi connectivity index (χ3v) is 2.80. The highest BCUT2D eigenvalue weighted by molar-refractivity contribution is 5.25. The Morgan fingerprint density at radius 3 is 2.53 bits per heavy atom. The molecule has 0 saturated heterocycles. The van der Waals surface area contributed by atoms with Crippen molar-refractivity contribution in [2.45, 2.75) is 39.5 Å². The van der Waals surface area contributed by atoms with Crippen LogP contribution in [0, 0.1) is 18.6 Å². The van der Waals surface area contributed by atoms with Gasteiger partial charge in [-0.3, -0.25) is 0 Å². The molecule has 17 heavy (non-hydrogen) atoms. The summed E-state index contributed by atoms with van der Waals surface area (Å²) >= 11 is 0. The maximum atomic E-state index is 13.5. The maximum absolute atomic E-state index is 13.5. The number of halogens is 2. The zero-order valence-electron chi connectivity index (χ0n) is 10.7. The molecule has 0 bridgehead atoms. The molecule has 0 aromatic heterocycles. The molecule has 1 rings (SSSR count). The third kappa shape index (κ3) is 4.82. The van der Waals surface area contributed by atoms with Gasteiger partial charge in [0.05, 0.1) is 0 Å². The van der Waals surface area contributed by atoms with Gasteiger partial charge in [0, 0.05) is 0 Å². The van der Waals surface area contributed by atoms with Crippen LogP contribution in [-0.4, -0.2) is 13.1 Å². The average molecular weight is 241 g/mol. The van der Waals surface area contributed by atoms with Gasteiger partial charge in [-0.2, -0.15) is 0 Å². The molecule has 1 nitrogen and oxygen atoms in total. The predicted molar refractivity (Wildman–Crippen MR) is 67.2 cm³/mol. The number of benzene rings is 1. The summed E-state index contributed by atoms with van der Waals surface area (Å²) in [4.78, 5) is 0. The first-order valence-electron chi connectivity index (χ1n) is 6.30. The molecule has 0 atom stereocenters. The van der Waals surface area contributed by atoms with Crippen LogP contribution in [0.4, 0.5) is 8.78 Å². The van der Waals surface area contributed by atoms with E-state index in [2.05, 4.69) is 12.2 Å². The molecule has 0 amide bonds. The zero-order chi connectivity index (χ0) is 12.7. The van der Waals surface area contributed by atoms with E-state index in [1.54, 1.807) is 6.92 Å². The number of rotatable bonds is 7. The molecule has 3 heteroatoms. The highest BCUT2D eigenvalue weighted by Crippen LogP contribution is 2.16. The summed E-state index contributed by atoms with van der Waals surface area (Å²) in [7, 11) is 0. The summed E-state index contributed by atoms with van der Waals surface area (Å²) in [5, 5.41) is 3.29. The van der Waals surface area contributed by atoms with E-state index in [9.17, 15) is 8.78 Å². The van der Waals surface area contributed by atoms with Crippen LogP contribution in [0.25, 0.3) is 0 Å². The van der Waals surface area contributed by atoms with Crippen LogP contribution in [-0.2, 0) is 6.42 Å². The Morgan fingerprint density at radius 2 is 1.82 bits per heavy atom. The minimum Gasteiger partial charge on any atom is -0.317 e. The number of hydrogen-bond donors (Lipinski definition) is 1. The van der Waals surface area contributed by atoms with Crippen LogP contribution < -0.4 is 5.32 Å². The van der Waals surface area contributed by atoms with E-state index >= 15 is 0 Å². The molecule has 0 unspecified atom stereocenters. The minimum atomic E-state index is -0.314. The van der Waals surface area contributed by atoms with Crippen molar-refractivity contribution in [2.75, 3.05) is 13.1 Å². The van der Waals surface area contributed by atoms with E-state index in [0.29, 0.717) is 17.5 Å². The minimum absolute atomic E-state index is 0.287. The van der Waals surface area contributed by atoms with Crippen LogP contribution in [0.15, 0.2) is 12.1 Å². The van der Waals surface area contributed by atoms with Crippen molar-refractivity contribution in [1.29, 1.82) is 0 Å². The van der Waals surface area contributed by atoms with Crippen LogP contribution in [0.5, 0.6) is 0 Å². The highest BCUT2D eigenvalue weighted by atomic mass is 19.1. The lowest BCUT2D eigenvalue weighted by Crippen LogP contribution is -2.15. The summed E-state index contributed by atoms with van der Waals surface area (Å²) in [5.41, 5.74) is 0.861. The molecule has 1 aromatic carbocycles. The van der Waals surface area contributed by atoms with Crippen molar-refractivity contribution in [1.82, 2.24) is 5.32 Å². The van der Waals surface area contributed by atoms with Gasteiger partial charge in [0.2, 0.25) is 0 Å². The standard InChI is InChI=1S/C14H21F2N/c1-3-7-17-8-5-4-6-12-10-13(15)11(2)9-14(12)16/h9-10,17H,3-8H2,1-2H3. The molecule has 0 aliphatic carbocycles. The van der Waals surface area contributed by atoms with Gasteiger partial charge in [-0.05, 0) is 69.0 Å². The fraction of sp³-hybridized carbons (Fsp3) is 0.571. The first kappa shape index (κ1) is 14.1. The van der Waals surface area contributed by atoms with Crippen LogP contribution in [0.2, 0.25) is 0 Å². The van der Waals surface area contributed by atoms with Gasteiger partial charge in [-0.25, -0.2) is 8.78 Å². The maximum Gasteiger partial charge on any atom is 0.126 e. The average Bonchev–Trinajstić information content (AvgIpc) is 2.30. The Balaban J connectivity index is 2.34. The molecule has 0 aliphatic heterocycles. The normalized spacial score (nSPS) is 10.8. The van der Waals surface area contributed by atoms with E-state index in [-0.39, 0.29) is 11.6 Å². The summed E-state index contributed by atoms with van der Waals surface area (Å²) in [6, 6.07) is 2.60. The molecular formula is C14H21F2N. The Morgan fingerprint density at radius 1 is 1.06 bits per heavy atom. The second kappa shape index (κ2) is 7.38. The van der Waals surface area contributed by atoms with Crippen molar-refractivity contribution < 1.29 is 8.78 Å². The van der Waals surface area contributed by atoms with Crippen molar-refractivity contribution >= 4 is 0 Å². The monoisotopic (exact) mass is 241 g/mol. The largest absolute Gasteiger partial charge is 0.317 e. The Labute approximate surface area is 102 Å². The van der Waals surface area contributed by atoms with Gasteiger partial charge in [-0.15, -0.1) is 0 Å². The summed E-state index contributed by atoms with van der Waals surface area (Å²) in [6.07, 6.45) is 3.61. The van der Waals surface area contributed by atoms with Crippen molar-refractivity contribution in [3.05, 3.63) is 34.9 Å². The molecule has 0 saturated carbocycles. The van der Waals surface area contributed by atoms with Gasteiger partial charge in [-0.1, -0.05) is 6.92 Å². The second-order valence-corrected chi connectivity index (χ2v) is 4.40. The van der Waals surface area contributed by atoms with E-state index in [1.807, 2.05) is 0 Å². The van der Waals surface area contributed by atoms with Crippen molar-refractivity contribution in [2.24, 2.45) is 0 Å². The summed E-state index contributed by atoms with van der Waals surface area (Å²) in [5.74, 6) is -0.601. The smallest absolute Gasteiger partial charge is 0.126 e. The molecule has 0 spiro atoms. The van der Waals surface area contributed by atoms with Gasteiger partial charge in [0.25, 0.3) is 0 Å². The van der Waals surface area contributed by atoms with Crippen molar-refractivity contribution in [3.8, 4) is 0 Å². The first-order chi connectivity index (χ1) is 8.15. The Kier molecular flexibility index (Phi) is 6.12. The fourth-order valence-electron chi connectivity index (χ4n) is 1.75. The lowest BCUT2D eigenvalue weighted by molar-refractivity contribution is 0.565. The van der Waals surface area contributed by atoms with Gasteiger partial charge < -0.3 is 5.32 Å². The van der Waals surface area contributed by atoms with Gasteiger partial charge in [0.15, 0.2) is 0 Å². The zero-order valence-corrected chi connectivity index (χ0v) is 10.7. The Bertz CT molecular complexity index is 350. The summed E-state index contributed by atoms with van der Waals surface area (Å²) in [6.45, 7) is 5.67.